The summed E-state index contributed by atoms with van der Waals surface area (Å²) in [7, 11) is 0. The molecule has 0 amide bonds. The standard InChI is InChI=1S/C22H19F9N2O2/c1-2-18(22(29,30)31)10-19(17(34)35,14-5-3-4-6-15(14)33-18)16(32)11-7-12(20(23,24)25)9-13(8-11)21(26,27)28/h4-9,16H,2-3,10,32H2,1H3,(H,34,35). The lowest BCUT2D eigenvalue weighted by Gasteiger charge is -2.48. The Morgan fingerprint density at radius 2 is 1.60 bits per heavy atom. The molecule has 0 spiro atoms. The van der Waals surface area contributed by atoms with E-state index in [0.29, 0.717) is 0 Å². The summed E-state index contributed by atoms with van der Waals surface area (Å²) in [6, 6.07) is -1.92. The Labute approximate surface area is 193 Å². The number of aliphatic imine (C=N–C) groups is 1. The van der Waals surface area contributed by atoms with Gasteiger partial charge in [-0.25, -0.2) is 0 Å². The highest BCUT2D eigenvalue weighted by molar-refractivity contribution is 6.14. The number of halogens is 9. The van der Waals surface area contributed by atoms with Gasteiger partial charge in [0.25, 0.3) is 0 Å². The average Bonchev–Trinajstić information content (AvgIpc) is 2.75. The van der Waals surface area contributed by atoms with Gasteiger partial charge >= 0.3 is 24.5 Å². The van der Waals surface area contributed by atoms with Crippen molar-refractivity contribution in [3.8, 4) is 0 Å². The Morgan fingerprint density at radius 1 is 1.06 bits per heavy atom. The van der Waals surface area contributed by atoms with Crippen LogP contribution in [0.5, 0.6) is 0 Å². The van der Waals surface area contributed by atoms with Crippen LogP contribution in [0.1, 0.15) is 48.9 Å². The van der Waals surface area contributed by atoms with Crippen molar-refractivity contribution in [1.82, 2.24) is 0 Å². The highest BCUT2D eigenvalue weighted by atomic mass is 19.4. The maximum absolute atomic E-state index is 14.2. The molecule has 1 aromatic carbocycles. The normalized spacial score (nSPS) is 26.0. The minimum atomic E-state index is -5.27. The molecular weight excluding hydrogens is 495 g/mol. The van der Waals surface area contributed by atoms with Gasteiger partial charge in [0.2, 0.25) is 0 Å². The Hall–Kier alpha value is -2.83. The highest BCUT2D eigenvalue weighted by Crippen LogP contribution is 2.56. The van der Waals surface area contributed by atoms with Gasteiger partial charge in [0, 0.05) is 6.42 Å². The van der Waals surface area contributed by atoms with E-state index in [1.54, 1.807) is 0 Å². The van der Waals surface area contributed by atoms with E-state index in [2.05, 4.69) is 4.99 Å². The predicted octanol–water partition coefficient (Wildman–Crippen LogP) is 6.24. The maximum atomic E-state index is 14.2. The zero-order chi connectivity index (χ0) is 26.6. The van der Waals surface area contributed by atoms with Crippen molar-refractivity contribution in [1.29, 1.82) is 0 Å². The summed E-state index contributed by atoms with van der Waals surface area (Å²) in [6.45, 7) is 1.10. The molecule has 3 unspecified atom stereocenters. The van der Waals surface area contributed by atoms with Gasteiger partial charge in [-0.1, -0.05) is 19.1 Å². The van der Waals surface area contributed by atoms with E-state index in [0.717, 1.165) is 13.0 Å². The van der Waals surface area contributed by atoms with Gasteiger partial charge in [-0.3, -0.25) is 9.79 Å². The van der Waals surface area contributed by atoms with Gasteiger partial charge in [0.15, 0.2) is 5.54 Å². The number of carbonyl (C=O) groups is 1. The van der Waals surface area contributed by atoms with Gasteiger partial charge < -0.3 is 10.8 Å². The molecule has 1 aliphatic carbocycles. The van der Waals surface area contributed by atoms with Crippen molar-refractivity contribution in [2.24, 2.45) is 16.1 Å². The second-order valence-corrected chi connectivity index (χ2v) is 8.41. The summed E-state index contributed by atoms with van der Waals surface area (Å²) in [5.74, 6) is -1.92. The Morgan fingerprint density at radius 3 is 2.03 bits per heavy atom. The molecule has 0 aromatic heterocycles. The van der Waals surface area contributed by atoms with Crippen molar-refractivity contribution in [2.75, 3.05) is 0 Å². The SMILES string of the molecule is CCC1(C(F)(F)F)CC(C(=O)O)(C(N)c2cc(C(F)(F)F)cc(C(F)(F)F)c2)C2=CCC=CC2=N1. The Bertz CT molecular complexity index is 1080. The van der Waals surface area contributed by atoms with E-state index in [1.165, 1.54) is 12.2 Å². The second-order valence-electron chi connectivity index (χ2n) is 8.41. The maximum Gasteiger partial charge on any atom is 0.416 e. The molecule has 35 heavy (non-hydrogen) atoms. The molecule has 3 rings (SSSR count). The number of alkyl halides is 9. The quantitative estimate of drug-likeness (QED) is 0.468. The largest absolute Gasteiger partial charge is 0.481 e. The molecule has 13 heteroatoms. The number of aliphatic carboxylic acids is 1. The van der Waals surface area contributed by atoms with E-state index < -0.39 is 71.0 Å². The molecule has 1 aromatic rings. The molecule has 0 saturated heterocycles. The Balaban J connectivity index is 2.34. The van der Waals surface area contributed by atoms with Crippen LogP contribution >= 0.6 is 0 Å². The summed E-state index contributed by atoms with van der Waals surface area (Å²) >= 11 is 0. The third-order valence-electron chi connectivity index (χ3n) is 6.39. The fourth-order valence-corrected chi connectivity index (χ4v) is 4.51. The van der Waals surface area contributed by atoms with Gasteiger partial charge in [0.05, 0.1) is 22.9 Å². The van der Waals surface area contributed by atoms with Crippen LogP contribution in [0.15, 0.2) is 47.0 Å². The Kier molecular flexibility index (Phi) is 6.41. The minimum Gasteiger partial charge on any atom is -0.481 e. The number of carboxylic acid groups (broad SMARTS) is 1. The number of nitrogens with two attached hydrogens (primary N) is 1. The van der Waals surface area contributed by atoms with Crippen molar-refractivity contribution in [2.45, 2.75) is 56.3 Å². The van der Waals surface area contributed by atoms with Crippen LogP contribution < -0.4 is 5.73 Å². The zero-order valence-corrected chi connectivity index (χ0v) is 17.9. The number of hydrogen-bond donors (Lipinski definition) is 2. The number of rotatable bonds is 4. The monoisotopic (exact) mass is 514 g/mol. The fraction of sp³-hybridized carbons (Fsp3) is 0.455. The molecule has 3 atom stereocenters. The number of benzene rings is 1. The smallest absolute Gasteiger partial charge is 0.416 e. The number of fused-ring (bicyclic) bond motifs is 1. The van der Waals surface area contributed by atoms with Crippen LogP contribution in [0.25, 0.3) is 0 Å². The average molecular weight is 514 g/mol. The molecule has 0 fully saturated rings. The first-order valence-electron chi connectivity index (χ1n) is 10.2. The first-order valence-corrected chi connectivity index (χ1v) is 10.2. The van der Waals surface area contributed by atoms with E-state index in [9.17, 15) is 49.4 Å². The second kappa shape index (κ2) is 8.38. The molecule has 3 N–H and O–H groups in total. The minimum absolute atomic E-state index is 0.0532. The third-order valence-corrected chi connectivity index (χ3v) is 6.39. The number of hydrogen-bond acceptors (Lipinski definition) is 3. The van der Waals surface area contributed by atoms with E-state index >= 15 is 0 Å². The molecule has 0 bridgehead atoms. The van der Waals surface area contributed by atoms with Crippen molar-refractivity contribution in [3.63, 3.8) is 0 Å². The van der Waals surface area contributed by atoms with Gasteiger partial charge in [-0.05, 0) is 48.3 Å². The summed E-state index contributed by atoms with van der Waals surface area (Å²) in [4.78, 5) is 16.4. The molecule has 4 nitrogen and oxygen atoms in total. The van der Waals surface area contributed by atoms with Crippen LogP contribution in [0.3, 0.4) is 0 Å². The third kappa shape index (κ3) is 4.45. The van der Waals surface area contributed by atoms with Crippen LogP contribution in [0.4, 0.5) is 39.5 Å². The summed E-state index contributed by atoms with van der Waals surface area (Å²) in [5, 5.41) is 10.2. The highest BCUT2D eigenvalue weighted by Gasteiger charge is 2.65. The molecule has 0 saturated carbocycles. The topological polar surface area (TPSA) is 75.7 Å². The number of nitrogens with zero attached hydrogens (tertiary/aromatic N) is 1. The lowest BCUT2D eigenvalue weighted by molar-refractivity contribution is -0.198. The van der Waals surface area contributed by atoms with Gasteiger partial charge in [-0.15, -0.1) is 0 Å². The lowest BCUT2D eigenvalue weighted by Crippen LogP contribution is -2.58. The van der Waals surface area contributed by atoms with Crippen LogP contribution in [-0.2, 0) is 17.1 Å². The summed E-state index contributed by atoms with van der Waals surface area (Å²) < 4.78 is 123. The first-order chi connectivity index (χ1) is 15.9. The molecular formula is C22H19F9N2O2. The van der Waals surface area contributed by atoms with Gasteiger partial charge in [0.1, 0.15) is 5.41 Å². The van der Waals surface area contributed by atoms with Crippen molar-refractivity contribution in [3.05, 3.63) is 58.7 Å². The van der Waals surface area contributed by atoms with E-state index in [1.807, 2.05) is 0 Å². The van der Waals surface area contributed by atoms with Crippen LogP contribution in [-0.4, -0.2) is 28.5 Å². The molecule has 1 aliphatic heterocycles. The first kappa shape index (κ1) is 26.8. The van der Waals surface area contributed by atoms with Crippen LogP contribution in [0, 0.1) is 5.41 Å². The fourth-order valence-electron chi connectivity index (χ4n) is 4.51. The van der Waals surface area contributed by atoms with Crippen molar-refractivity contribution >= 4 is 11.7 Å². The van der Waals surface area contributed by atoms with Crippen molar-refractivity contribution < 1.29 is 49.4 Å². The lowest BCUT2D eigenvalue weighted by atomic mass is 9.60. The summed E-state index contributed by atoms with van der Waals surface area (Å²) in [5.41, 5.74) is -4.78. The molecule has 1 heterocycles. The molecule has 2 aliphatic rings. The number of allylic oxidation sites excluding steroid dienone is 3. The van der Waals surface area contributed by atoms with Gasteiger partial charge in [-0.2, -0.15) is 39.5 Å². The van der Waals surface area contributed by atoms with E-state index in [4.69, 9.17) is 5.73 Å². The summed E-state index contributed by atoms with van der Waals surface area (Å²) in [6.07, 6.45) is -13.8. The molecule has 192 valence electrons. The predicted molar refractivity (Wildman–Crippen MR) is 106 cm³/mol. The van der Waals surface area contributed by atoms with E-state index in [-0.39, 0.29) is 35.9 Å². The van der Waals surface area contributed by atoms with Crippen LogP contribution in [0.2, 0.25) is 0 Å². The number of carboxylic acids is 1. The zero-order valence-electron chi connectivity index (χ0n) is 17.9. The molecule has 0 radical (unpaired) electrons.